The van der Waals surface area contributed by atoms with Crippen molar-refractivity contribution in [2.75, 3.05) is 7.11 Å². The van der Waals surface area contributed by atoms with Crippen molar-refractivity contribution in [3.63, 3.8) is 0 Å². The highest BCUT2D eigenvalue weighted by molar-refractivity contribution is 5.99. The number of benzene rings is 2. The first-order chi connectivity index (χ1) is 14.6. The zero-order valence-electron chi connectivity index (χ0n) is 16.5. The van der Waals surface area contributed by atoms with Crippen LogP contribution < -0.4 is 10.2 Å². The lowest BCUT2D eigenvalue weighted by molar-refractivity contribution is 0.0700. The summed E-state index contributed by atoms with van der Waals surface area (Å²) in [7, 11) is 1.57. The molecule has 3 heterocycles. The monoisotopic (exact) mass is 401 g/mol. The number of hydrogen-bond acceptors (Lipinski definition) is 5. The summed E-state index contributed by atoms with van der Waals surface area (Å²) in [6, 6.07) is 15.7. The van der Waals surface area contributed by atoms with Gasteiger partial charge in [0.05, 0.1) is 36.9 Å². The van der Waals surface area contributed by atoms with Gasteiger partial charge in [0.1, 0.15) is 17.1 Å². The second kappa shape index (κ2) is 6.91. The van der Waals surface area contributed by atoms with Gasteiger partial charge in [0.15, 0.2) is 5.43 Å². The van der Waals surface area contributed by atoms with Crippen LogP contribution in [0.3, 0.4) is 0 Å². The zero-order valence-corrected chi connectivity index (χ0v) is 16.5. The van der Waals surface area contributed by atoms with Gasteiger partial charge in [-0.3, -0.25) is 9.59 Å². The maximum absolute atomic E-state index is 13.5. The van der Waals surface area contributed by atoms with Crippen molar-refractivity contribution >= 4 is 16.9 Å². The van der Waals surface area contributed by atoms with E-state index >= 15 is 0 Å². The largest absolute Gasteiger partial charge is 0.496 e. The first kappa shape index (κ1) is 18.2. The molecule has 1 aliphatic heterocycles. The van der Waals surface area contributed by atoms with Crippen LogP contribution in [0.25, 0.3) is 11.0 Å². The molecule has 2 aromatic carbocycles. The summed E-state index contributed by atoms with van der Waals surface area (Å²) in [5.74, 6) is 0.927. The Hall–Kier alpha value is -3.80. The summed E-state index contributed by atoms with van der Waals surface area (Å²) in [5.41, 5.74) is 2.19. The number of aryl methyl sites for hydroxylation is 1. The fourth-order valence-corrected chi connectivity index (χ4v) is 4.08. The molecule has 1 aliphatic rings. The van der Waals surface area contributed by atoms with Gasteiger partial charge < -0.3 is 18.5 Å². The van der Waals surface area contributed by atoms with Crippen molar-refractivity contribution in [2.24, 2.45) is 0 Å². The Morgan fingerprint density at radius 2 is 1.90 bits per heavy atom. The molecule has 1 atom stereocenters. The van der Waals surface area contributed by atoms with Crippen molar-refractivity contribution in [3.05, 3.63) is 99.3 Å². The zero-order chi connectivity index (χ0) is 20.8. The van der Waals surface area contributed by atoms with E-state index in [1.54, 1.807) is 42.5 Å². The van der Waals surface area contributed by atoms with Crippen molar-refractivity contribution in [1.82, 2.24) is 4.90 Å². The number of nitrogens with zero attached hydrogens (tertiary/aromatic N) is 1. The molecule has 0 N–H and O–H groups in total. The third kappa shape index (κ3) is 2.72. The second-order valence-corrected chi connectivity index (χ2v) is 7.33. The number of ether oxygens (including phenoxy) is 1. The molecule has 0 saturated heterocycles. The van der Waals surface area contributed by atoms with Crippen molar-refractivity contribution in [3.8, 4) is 5.75 Å². The predicted octanol–water partition coefficient (Wildman–Crippen LogP) is 4.45. The number of carbonyl (C=O) groups excluding carboxylic acids is 1. The van der Waals surface area contributed by atoms with E-state index in [1.807, 2.05) is 37.3 Å². The highest BCUT2D eigenvalue weighted by atomic mass is 16.5. The Bertz CT molecular complexity index is 1320. The van der Waals surface area contributed by atoms with E-state index in [9.17, 15) is 9.59 Å². The summed E-state index contributed by atoms with van der Waals surface area (Å²) in [5, 5.41) is 0.460. The van der Waals surface area contributed by atoms with E-state index in [-0.39, 0.29) is 23.6 Å². The van der Waals surface area contributed by atoms with Crippen molar-refractivity contribution < 1.29 is 18.4 Å². The number of rotatable bonds is 4. The molecule has 0 spiro atoms. The summed E-state index contributed by atoms with van der Waals surface area (Å²) >= 11 is 0. The van der Waals surface area contributed by atoms with Gasteiger partial charge in [-0.2, -0.15) is 0 Å². The van der Waals surface area contributed by atoms with Gasteiger partial charge >= 0.3 is 0 Å². The average Bonchev–Trinajstić information content (AvgIpc) is 3.36. The number of hydrogen-bond donors (Lipinski definition) is 0. The van der Waals surface area contributed by atoms with Crippen LogP contribution in [0, 0.1) is 6.92 Å². The minimum Gasteiger partial charge on any atom is -0.496 e. The van der Waals surface area contributed by atoms with E-state index in [0.717, 1.165) is 11.1 Å². The molecule has 6 nitrogen and oxygen atoms in total. The molecule has 5 rings (SSSR count). The van der Waals surface area contributed by atoms with Crippen LogP contribution in [0.1, 0.15) is 39.0 Å². The van der Waals surface area contributed by atoms with E-state index in [0.29, 0.717) is 28.0 Å². The third-order valence-corrected chi connectivity index (χ3v) is 5.46. The van der Waals surface area contributed by atoms with E-state index in [2.05, 4.69) is 0 Å². The lowest BCUT2D eigenvalue weighted by Gasteiger charge is -2.25. The van der Waals surface area contributed by atoms with Gasteiger partial charge in [-0.1, -0.05) is 29.8 Å². The molecular formula is C24H19NO5. The minimum atomic E-state index is -0.644. The van der Waals surface area contributed by atoms with Gasteiger partial charge in [-0.25, -0.2) is 0 Å². The Kier molecular flexibility index (Phi) is 4.20. The van der Waals surface area contributed by atoms with Crippen molar-refractivity contribution in [2.45, 2.75) is 19.5 Å². The highest BCUT2D eigenvalue weighted by Crippen LogP contribution is 2.42. The lowest BCUT2D eigenvalue weighted by atomic mass is 9.97. The smallest absolute Gasteiger partial charge is 0.291 e. The van der Waals surface area contributed by atoms with Crippen LogP contribution >= 0.6 is 0 Å². The Balaban J connectivity index is 1.78. The topological polar surface area (TPSA) is 72.9 Å². The van der Waals surface area contributed by atoms with Crippen LogP contribution in [0.15, 0.2) is 74.5 Å². The van der Waals surface area contributed by atoms with Crippen LogP contribution in [0.2, 0.25) is 0 Å². The van der Waals surface area contributed by atoms with Gasteiger partial charge in [-0.15, -0.1) is 0 Å². The summed E-state index contributed by atoms with van der Waals surface area (Å²) < 4.78 is 17.0. The number of amides is 1. The van der Waals surface area contributed by atoms with Gasteiger partial charge in [0.2, 0.25) is 5.76 Å². The molecular weight excluding hydrogens is 382 g/mol. The minimum absolute atomic E-state index is 0.0683. The Morgan fingerprint density at radius 1 is 1.07 bits per heavy atom. The van der Waals surface area contributed by atoms with Crippen LogP contribution in [-0.4, -0.2) is 17.9 Å². The third-order valence-electron chi connectivity index (χ3n) is 5.46. The molecule has 0 fully saturated rings. The SMILES string of the molecule is COc1ccccc1C1c2c(oc3ccc(C)cc3c2=O)C(=O)N1Cc1ccco1. The lowest BCUT2D eigenvalue weighted by Crippen LogP contribution is -2.29. The standard InChI is InChI=1S/C24H19NO5/c1-14-9-10-19-17(12-14)22(26)20-21(16-7-3-4-8-18(16)28-2)25(24(27)23(20)30-19)13-15-6-5-11-29-15/h3-12,21H,13H2,1-2H3. The molecule has 30 heavy (non-hydrogen) atoms. The van der Waals surface area contributed by atoms with Gasteiger partial charge in [0.25, 0.3) is 5.91 Å². The van der Waals surface area contributed by atoms with Crippen LogP contribution in [0.5, 0.6) is 5.75 Å². The maximum Gasteiger partial charge on any atom is 0.291 e. The normalized spacial score (nSPS) is 15.6. The van der Waals surface area contributed by atoms with Crippen LogP contribution in [-0.2, 0) is 6.54 Å². The molecule has 2 aromatic heterocycles. The second-order valence-electron chi connectivity index (χ2n) is 7.33. The summed E-state index contributed by atoms with van der Waals surface area (Å²) in [6.07, 6.45) is 1.56. The van der Waals surface area contributed by atoms with Gasteiger partial charge in [0, 0.05) is 5.56 Å². The fourth-order valence-electron chi connectivity index (χ4n) is 4.08. The van der Waals surface area contributed by atoms with E-state index < -0.39 is 6.04 Å². The number of para-hydroxylation sites is 1. The molecule has 1 unspecified atom stereocenters. The first-order valence-electron chi connectivity index (χ1n) is 9.62. The summed E-state index contributed by atoms with van der Waals surface area (Å²) in [6.45, 7) is 2.12. The summed E-state index contributed by atoms with van der Waals surface area (Å²) in [4.78, 5) is 28.5. The van der Waals surface area contributed by atoms with E-state index in [1.165, 1.54) is 0 Å². The van der Waals surface area contributed by atoms with Gasteiger partial charge in [-0.05, 0) is 37.3 Å². The Labute approximate surface area is 172 Å². The number of methoxy groups -OCH3 is 1. The molecule has 0 aliphatic carbocycles. The number of carbonyl (C=O) groups is 1. The highest BCUT2D eigenvalue weighted by Gasteiger charge is 2.44. The Morgan fingerprint density at radius 3 is 2.67 bits per heavy atom. The van der Waals surface area contributed by atoms with E-state index in [4.69, 9.17) is 13.6 Å². The van der Waals surface area contributed by atoms with Crippen molar-refractivity contribution in [1.29, 1.82) is 0 Å². The molecule has 0 saturated carbocycles. The predicted molar refractivity (Wildman–Crippen MR) is 111 cm³/mol. The molecule has 6 heteroatoms. The maximum atomic E-state index is 13.5. The fraction of sp³-hybridized carbons (Fsp3) is 0.167. The number of furan rings is 1. The molecule has 0 bridgehead atoms. The molecule has 0 radical (unpaired) electrons. The quantitative estimate of drug-likeness (QED) is 0.505. The molecule has 150 valence electrons. The van der Waals surface area contributed by atoms with Crippen LogP contribution in [0.4, 0.5) is 0 Å². The molecule has 4 aromatic rings. The first-order valence-corrected chi connectivity index (χ1v) is 9.62. The molecule has 1 amide bonds. The number of fused-ring (bicyclic) bond motifs is 2. The average molecular weight is 401 g/mol.